The van der Waals surface area contributed by atoms with Gasteiger partial charge in [0, 0.05) is 11.8 Å². The van der Waals surface area contributed by atoms with E-state index in [-0.39, 0.29) is 22.2 Å². The summed E-state index contributed by atoms with van der Waals surface area (Å²) in [4.78, 5) is 0. The quantitative estimate of drug-likeness (QED) is 0.857. The van der Waals surface area contributed by atoms with Crippen molar-refractivity contribution in [3.05, 3.63) is 34.2 Å². The summed E-state index contributed by atoms with van der Waals surface area (Å²) >= 11 is 5.77. The Morgan fingerprint density at radius 3 is 2.32 bits per heavy atom. The number of allylic oxidation sites excluding steroid dienone is 2. The molecule has 5 nitrogen and oxygen atoms in total. The third-order valence-corrected chi connectivity index (χ3v) is 2.34. The maximum absolute atomic E-state index is 13.6. The van der Waals surface area contributed by atoms with Crippen molar-refractivity contribution in [2.24, 2.45) is 0 Å². The maximum atomic E-state index is 13.6. The molecule has 19 heavy (non-hydrogen) atoms. The van der Waals surface area contributed by atoms with Gasteiger partial charge in [-0.25, -0.2) is 4.39 Å². The lowest BCUT2D eigenvalue weighted by Gasteiger charge is -2.09. The van der Waals surface area contributed by atoms with Gasteiger partial charge in [-0.3, -0.25) is 0 Å². The van der Waals surface area contributed by atoms with Crippen molar-refractivity contribution in [1.82, 2.24) is 0 Å². The van der Waals surface area contributed by atoms with Crippen molar-refractivity contribution in [2.75, 3.05) is 12.4 Å². The average Bonchev–Trinajstić information content (AvgIpc) is 2.38. The van der Waals surface area contributed by atoms with Crippen LogP contribution in [0.15, 0.2) is 23.4 Å². The summed E-state index contributed by atoms with van der Waals surface area (Å²) in [6.07, 6.45) is 0. The van der Waals surface area contributed by atoms with Gasteiger partial charge in [0.2, 0.25) is 0 Å². The molecule has 0 unspecified atom stereocenters. The van der Waals surface area contributed by atoms with Crippen molar-refractivity contribution in [3.63, 3.8) is 0 Å². The lowest BCUT2D eigenvalue weighted by atomic mass is 10.2. The highest BCUT2D eigenvalue weighted by Gasteiger charge is 2.12. The SMILES string of the molecule is COc1c(F)cc(NC(C#N)=C(C#N)C#N)cc1Cl. The van der Waals surface area contributed by atoms with E-state index >= 15 is 0 Å². The summed E-state index contributed by atoms with van der Waals surface area (Å²) < 4.78 is 18.3. The molecule has 1 N–H and O–H groups in total. The number of nitrogens with one attached hydrogen (secondary N) is 1. The molecule has 0 amide bonds. The summed E-state index contributed by atoms with van der Waals surface area (Å²) in [6.45, 7) is 0. The summed E-state index contributed by atoms with van der Waals surface area (Å²) in [5.74, 6) is -0.860. The standard InChI is InChI=1S/C12H6ClFN4O/c1-19-12-9(13)2-8(3-10(12)14)18-11(6-17)7(4-15)5-16/h2-3,18H,1H3. The molecule has 0 atom stereocenters. The molecule has 94 valence electrons. The van der Waals surface area contributed by atoms with Gasteiger partial charge >= 0.3 is 0 Å². The van der Waals surface area contributed by atoms with E-state index in [0.29, 0.717) is 0 Å². The maximum Gasteiger partial charge on any atom is 0.173 e. The molecule has 1 rings (SSSR count). The van der Waals surface area contributed by atoms with E-state index < -0.39 is 11.4 Å². The van der Waals surface area contributed by atoms with Crippen molar-refractivity contribution in [3.8, 4) is 24.0 Å². The number of nitrogens with zero attached hydrogens (tertiary/aromatic N) is 3. The van der Waals surface area contributed by atoms with Crippen molar-refractivity contribution in [2.45, 2.75) is 0 Å². The molecule has 0 saturated heterocycles. The smallest absolute Gasteiger partial charge is 0.173 e. The van der Waals surface area contributed by atoms with Gasteiger partial charge in [0.1, 0.15) is 23.9 Å². The molecule has 0 radical (unpaired) electrons. The second kappa shape index (κ2) is 6.26. The molecule has 0 saturated carbocycles. The van der Waals surface area contributed by atoms with Crippen molar-refractivity contribution < 1.29 is 9.13 Å². The highest BCUT2D eigenvalue weighted by molar-refractivity contribution is 6.32. The summed E-state index contributed by atoms with van der Waals surface area (Å²) in [5, 5.41) is 28.6. The zero-order valence-corrected chi connectivity index (χ0v) is 10.4. The molecule has 1 aromatic carbocycles. The first-order valence-electron chi connectivity index (χ1n) is 4.82. The van der Waals surface area contributed by atoms with Crippen LogP contribution >= 0.6 is 11.6 Å². The van der Waals surface area contributed by atoms with Crippen molar-refractivity contribution >= 4 is 17.3 Å². The van der Waals surface area contributed by atoms with Gasteiger partial charge in [-0.2, -0.15) is 15.8 Å². The number of rotatable bonds is 3. The van der Waals surface area contributed by atoms with Crippen LogP contribution in [-0.4, -0.2) is 7.11 Å². The Bertz CT molecular complexity index is 625. The molecule has 0 bridgehead atoms. The minimum atomic E-state index is -0.731. The zero-order valence-electron chi connectivity index (χ0n) is 9.66. The predicted octanol–water partition coefficient (Wildman–Crippen LogP) is 2.72. The fraction of sp³-hybridized carbons (Fsp3) is 0.0833. The lowest BCUT2D eigenvalue weighted by molar-refractivity contribution is 0.387. The number of nitriles is 3. The highest BCUT2D eigenvalue weighted by atomic mass is 35.5. The van der Waals surface area contributed by atoms with Crippen LogP contribution in [0.1, 0.15) is 0 Å². The van der Waals surface area contributed by atoms with E-state index in [2.05, 4.69) is 5.32 Å². The Balaban J connectivity index is 3.23. The molecule has 0 heterocycles. The van der Waals surface area contributed by atoms with Crippen LogP contribution in [0, 0.1) is 39.8 Å². The third-order valence-electron chi connectivity index (χ3n) is 2.06. The van der Waals surface area contributed by atoms with Gasteiger partial charge in [-0.15, -0.1) is 0 Å². The number of ether oxygens (including phenoxy) is 1. The van der Waals surface area contributed by atoms with E-state index in [1.807, 2.05) is 0 Å². The van der Waals surface area contributed by atoms with Gasteiger partial charge in [-0.05, 0) is 6.07 Å². The first-order valence-corrected chi connectivity index (χ1v) is 5.19. The Labute approximate surface area is 113 Å². The number of halogens is 2. The van der Waals surface area contributed by atoms with Crippen LogP contribution in [0.4, 0.5) is 10.1 Å². The molecule has 0 aliphatic rings. The second-order valence-corrected chi connectivity index (χ2v) is 3.59. The number of hydrogen-bond acceptors (Lipinski definition) is 5. The van der Waals surface area contributed by atoms with Crippen LogP contribution in [0.5, 0.6) is 5.75 Å². The van der Waals surface area contributed by atoms with Gasteiger partial charge in [0.25, 0.3) is 0 Å². The number of hydrogen-bond donors (Lipinski definition) is 1. The molecule has 0 aromatic heterocycles. The predicted molar refractivity (Wildman–Crippen MR) is 65.4 cm³/mol. The fourth-order valence-corrected chi connectivity index (χ4v) is 1.54. The Hall–Kier alpha value is -2.75. The van der Waals surface area contributed by atoms with E-state index in [0.717, 1.165) is 6.07 Å². The molecular formula is C12H6ClFN4O. The van der Waals surface area contributed by atoms with Crippen LogP contribution in [0.2, 0.25) is 5.02 Å². The van der Waals surface area contributed by atoms with Crippen LogP contribution < -0.4 is 10.1 Å². The minimum absolute atomic E-state index is 0.00208. The number of methoxy groups -OCH3 is 1. The molecule has 0 aliphatic carbocycles. The Kier molecular flexibility index (Phi) is 4.71. The summed E-state index contributed by atoms with van der Waals surface area (Å²) in [7, 11) is 1.27. The summed E-state index contributed by atoms with van der Waals surface area (Å²) in [5.41, 5.74) is -0.566. The van der Waals surface area contributed by atoms with E-state index in [9.17, 15) is 4.39 Å². The number of benzene rings is 1. The monoisotopic (exact) mass is 276 g/mol. The third kappa shape index (κ3) is 3.13. The average molecular weight is 277 g/mol. The topological polar surface area (TPSA) is 92.6 Å². The normalized spacial score (nSPS) is 8.63. The van der Waals surface area contributed by atoms with Gasteiger partial charge in [0.05, 0.1) is 12.1 Å². The Morgan fingerprint density at radius 2 is 1.89 bits per heavy atom. The molecule has 0 fully saturated rings. The van der Waals surface area contributed by atoms with E-state index in [1.54, 1.807) is 18.2 Å². The Morgan fingerprint density at radius 1 is 1.26 bits per heavy atom. The van der Waals surface area contributed by atoms with Crippen molar-refractivity contribution in [1.29, 1.82) is 15.8 Å². The molecule has 0 spiro atoms. The van der Waals surface area contributed by atoms with Crippen LogP contribution in [0.3, 0.4) is 0 Å². The number of anilines is 1. The minimum Gasteiger partial charge on any atom is -0.492 e. The van der Waals surface area contributed by atoms with Gasteiger partial charge in [-0.1, -0.05) is 11.6 Å². The zero-order chi connectivity index (χ0) is 14.4. The van der Waals surface area contributed by atoms with Crippen LogP contribution in [-0.2, 0) is 0 Å². The lowest BCUT2D eigenvalue weighted by Crippen LogP contribution is -2.01. The molecule has 1 aromatic rings. The molecular weight excluding hydrogens is 271 g/mol. The van der Waals surface area contributed by atoms with E-state index in [4.69, 9.17) is 32.1 Å². The second-order valence-electron chi connectivity index (χ2n) is 3.18. The largest absolute Gasteiger partial charge is 0.492 e. The van der Waals surface area contributed by atoms with Gasteiger partial charge < -0.3 is 10.1 Å². The first-order chi connectivity index (χ1) is 9.07. The molecule has 0 aliphatic heterocycles. The first kappa shape index (κ1) is 14.3. The van der Waals surface area contributed by atoms with Gasteiger partial charge in [0.15, 0.2) is 17.1 Å². The van der Waals surface area contributed by atoms with Crippen LogP contribution in [0.25, 0.3) is 0 Å². The fourth-order valence-electron chi connectivity index (χ4n) is 1.25. The van der Waals surface area contributed by atoms with E-state index in [1.165, 1.54) is 13.2 Å². The highest BCUT2D eigenvalue weighted by Crippen LogP contribution is 2.31. The molecule has 7 heteroatoms. The summed E-state index contributed by atoms with van der Waals surface area (Å²) in [6, 6.07) is 7.11.